The van der Waals surface area contributed by atoms with Crippen molar-refractivity contribution in [3.63, 3.8) is 0 Å². The maximum Gasteiger partial charge on any atom is 0.328 e. The lowest BCUT2D eigenvalue weighted by Gasteiger charge is -2.27. The molecular weight excluding hydrogens is 492 g/mol. The highest BCUT2D eigenvalue weighted by molar-refractivity contribution is 5.98. The summed E-state index contributed by atoms with van der Waals surface area (Å²) in [4.78, 5) is 41.0. The monoisotopic (exact) mass is 522 g/mol. The van der Waals surface area contributed by atoms with E-state index in [-0.39, 0.29) is 17.2 Å². The molecule has 1 aromatic heterocycles. The van der Waals surface area contributed by atoms with Gasteiger partial charge in [-0.1, -0.05) is 48.5 Å². The minimum Gasteiger partial charge on any atom is -0.493 e. The molecular formula is C28H30N2O8. The Hall–Kier alpha value is -4.60. The molecule has 2 aromatic carbocycles. The molecule has 3 atom stereocenters. The first-order chi connectivity index (χ1) is 18.3. The summed E-state index contributed by atoms with van der Waals surface area (Å²) in [7, 11) is 1.39. The number of nitrogens with one attached hydrogen (secondary N) is 1. The van der Waals surface area contributed by atoms with Crippen LogP contribution in [0.2, 0.25) is 0 Å². The number of benzene rings is 2. The molecule has 10 nitrogen and oxygen atoms in total. The molecule has 0 saturated carbocycles. The Kier molecular flexibility index (Phi) is 10.0. The minimum absolute atomic E-state index is 0.0388. The topological polar surface area (TPSA) is 122 Å². The van der Waals surface area contributed by atoms with Crippen LogP contribution in [-0.4, -0.2) is 48.9 Å². The quantitative estimate of drug-likeness (QED) is 0.279. The van der Waals surface area contributed by atoms with Gasteiger partial charge in [0.2, 0.25) is 6.79 Å². The molecule has 0 aliphatic carbocycles. The van der Waals surface area contributed by atoms with E-state index in [1.54, 1.807) is 6.92 Å². The van der Waals surface area contributed by atoms with Crippen LogP contribution in [0.4, 0.5) is 0 Å². The third-order valence-corrected chi connectivity index (χ3v) is 5.33. The Morgan fingerprint density at radius 3 is 2.24 bits per heavy atom. The number of carbonyl (C=O) groups excluding carboxylic acids is 3. The lowest BCUT2D eigenvalue weighted by atomic mass is 10.0. The van der Waals surface area contributed by atoms with Crippen molar-refractivity contribution < 1.29 is 38.1 Å². The summed E-state index contributed by atoms with van der Waals surface area (Å²) in [6.07, 6.45) is 0.0666. The van der Waals surface area contributed by atoms with E-state index in [0.29, 0.717) is 5.75 Å². The Morgan fingerprint density at radius 1 is 0.947 bits per heavy atom. The van der Waals surface area contributed by atoms with E-state index in [1.165, 1.54) is 33.2 Å². The highest BCUT2D eigenvalue weighted by Gasteiger charge is 2.29. The van der Waals surface area contributed by atoms with Crippen molar-refractivity contribution in [2.75, 3.05) is 13.9 Å². The predicted molar refractivity (Wildman–Crippen MR) is 137 cm³/mol. The van der Waals surface area contributed by atoms with Gasteiger partial charge in [0.1, 0.15) is 17.9 Å². The van der Waals surface area contributed by atoms with E-state index in [1.807, 2.05) is 60.7 Å². The van der Waals surface area contributed by atoms with Crippen LogP contribution in [-0.2, 0) is 19.1 Å². The number of rotatable bonds is 12. The van der Waals surface area contributed by atoms with E-state index in [2.05, 4.69) is 10.3 Å². The molecule has 3 rings (SSSR count). The summed E-state index contributed by atoms with van der Waals surface area (Å²) < 4.78 is 27.3. The molecule has 1 amide bonds. The zero-order valence-electron chi connectivity index (χ0n) is 21.6. The molecule has 0 fully saturated rings. The second kappa shape index (κ2) is 13.6. The number of esters is 2. The Balaban J connectivity index is 1.70. The van der Waals surface area contributed by atoms with Crippen LogP contribution in [0.5, 0.6) is 17.2 Å². The summed E-state index contributed by atoms with van der Waals surface area (Å²) in [5.74, 6) is -1.16. The van der Waals surface area contributed by atoms with Crippen LogP contribution >= 0.6 is 0 Å². The maximum absolute atomic E-state index is 13.0. The number of para-hydroxylation sites is 1. The Labute approximate surface area is 220 Å². The van der Waals surface area contributed by atoms with E-state index < -0.39 is 42.9 Å². The van der Waals surface area contributed by atoms with Crippen molar-refractivity contribution in [1.82, 2.24) is 10.3 Å². The van der Waals surface area contributed by atoms with Crippen molar-refractivity contribution >= 4 is 17.8 Å². The molecule has 0 spiro atoms. The van der Waals surface area contributed by atoms with Gasteiger partial charge in [0, 0.05) is 19.2 Å². The number of carbonyl (C=O) groups is 3. The third-order valence-electron chi connectivity index (χ3n) is 5.33. The molecule has 1 N–H and O–H groups in total. The fraction of sp³-hybridized carbons (Fsp3) is 0.286. The summed E-state index contributed by atoms with van der Waals surface area (Å²) in [5.41, 5.74) is 0.669. The lowest BCUT2D eigenvalue weighted by molar-refractivity contribution is -0.155. The number of hydrogen-bond donors (Lipinski definition) is 1. The number of ether oxygens (including phenoxy) is 5. The molecule has 0 aliphatic rings. The van der Waals surface area contributed by atoms with Crippen molar-refractivity contribution in [2.45, 2.75) is 39.0 Å². The van der Waals surface area contributed by atoms with E-state index >= 15 is 0 Å². The number of aromatic nitrogens is 1. The van der Waals surface area contributed by atoms with E-state index in [9.17, 15) is 14.4 Å². The molecule has 10 heteroatoms. The van der Waals surface area contributed by atoms with Gasteiger partial charge in [-0.05, 0) is 31.5 Å². The molecule has 200 valence electrons. The smallest absolute Gasteiger partial charge is 0.328 e. The highest BCUT2D eigenvalue weighted by atomic mass is 16.7. The van der Waals surface area contributed by atoms with Crippen LogP contribution in [0.25, 0.3) is 0 Å². The van der Waals surface area contributed by atoms with Crippen LogP contribution in [0.15, 0.2) is 72.9 Å². The fourth-order valence-corrected chi connectivity index (χ4v) is 3.46. The molecule has 3 aromatic rings. The maximum atomic E-state index is 13.0. The third kappa shape index (κ3) is 7.70. The summed E-state index contributed by atoms with van der Waals surface area (Å²) in [5, 5.41) is 2.56. The van der Waals surface area contributed by atoms with Crippen molar-refractivity contribution in [1.29, 1.82) is 0 Å². The number of nitrogens with zero attached hydrogens (tertiary/aromatic N) is 1. The molecule has 0 unspecified atom stereocenters. The number of pyridine rings is 1. The van der Waals surface area contributed by atoms with Gasteiger partial charge in [-0.15, -0.1) is 0 Å². The fourth-order valence-electron chi connectivity index (χ4n) is 3.46. The number of amides is 1. The van der Waals surface area contributed by atoms with Gasteiger partial charge in [-0.2, -0.15) is 0 Å². The predicted octanol–water partition coefficient (Wildman–Crippen LogP) is 3.86. The summed E-state index contributed by atoms with van der Waals surface area (Å²) in [6, 6.07) is 19.0. The molecule has 1 heterocycles. The normalized spacial score (nSPS) is 12.8. The van der Waals surface area contributed by atoms with E-state index in [0.717, 1.165) is 5.56 Å². The van der Waals surface area contributed by atoms with Gasteiger partial charge in [0.05, 0.1) is 7.11 Å². The average Bonchev–Trinajstić information content (AvgIpc) is 2.92. The SMILES string of the molecule is COc1ccnc(C(=O)N[C@@H](C)C(=O)O[C@@H](C)[C@@H](Oc2ccccc2)c2ccccc2)c1OCOC(C)=O. The van der Waals surface area contributed by atoms with Gasteiger partial charge < -0.3 is 29.0 Å². The zero-order chi connectivity index (χ0) is 27.5. The first-order valence-corrected chi connectivity index (χ1v) is 11.9. The average molecular weight is 523 g/mol. The van der Waals surface area contributed by atoms with Gasteiger partial charge in [0.25, 0.3) is 5.91 Å². The number of methoxy groups -OCH3 is 1. The van der Waals surface area contributed by atoms with Crippen LogP contribution in [0, 0.1) is 0 Å². The van der Waals surface area contributed by atoms with Crippen molar-refractivity contribution in [3.05, 3.63) is 84.2 Å². The molecule has 0 saturated heterocycles. The molecule has 0 aliphatic heterocycles. The van der Waals surface area contributed by atoms with Gasteiger partial charge in [0.15, 0.2) is 23.3 Å². The van der Waals surface area contributed by atoms with Crippen LogP contribution in [0.3, 0.4) is 0 Å². The van der Waals surface area contributed by atoms with Gasteiger partial charge in [-0.3, -0.25) is 9.59 Å². The first-order valence-electron chi connectivity index (χ1n) is 11.9. The zero-order valence-corrected chi connectivity index (χ0v) is 21.6. The van der Waals surface area contributed by atoms with Crippen LogP contribution in [0.1, 0.15) is 42.9 Å². The Morgan fingerprint density at radius 2 is 1.61 bits per heavy atom. The van der Waals surface area contributed by atoms with Crippen molar-refractivity contribution in [3.8, 4) is 17.2 Å². The van der Waals surface area contributed by atoms with Crippen molar-refractivity contribution in [2.24, 2.45) is 0 Å². The van der Waals surface area contributed by atoms with E-state index in [4.69, 9.17) is 23.7 Å². The standard InChI is InChI=1S/C28H30N2O8/c1-18(30-27(32)24-26(36-17-35-20(3)31)23(34-4)15-16-29-24)28(33)37-19(2)25(21-11-7-5-8-12-21)38-22-13-9-6-10-14-22/h5-16,18-19,25H,17H2,1-4H3,(H,30,32)/t18-,19-,25+/m0/s1. The van der Waals surface area contributed by atoms with Gasteiger partial charge in [-0.25, -0.2) is 9.78 Å². The van der Waals surface area contributed by atoms with Crippen LogP contribution < -0.4 is 19.5 Å². The minimum atomic E-state index is -1.03. The lowest BCUT2D eigenvalue weighted by Crippen LogP contribution is -2.42. The summed E-state index contributed by atoms with van der Waals surface area (Å²) >= 11 is 0. The number of hydrogen-bond acceptors (Lipinski definition) is 9. The Bertz CT molecular complexity index is 1220. The second-order valence-corrected chi connectivity index (χ2v) is 8.19. The molecule has 38 heavy (non-hydrogen) atoms. The second-order valence-electron chi connectivity index (χ2n) is 8.19. The first kappa shape index (κ1) is 28.0. The van der Waals surface area contributed by atoms with Gasteiger partial charge >= 0.3 is 11.9 Å². The highest BCUT2D eigenvalue weighted by Crippen LogP contribution is 2.30. The largest absolute Gasteiger partial charge is 0.493 e. The molecule has 0 radical (unpaired) electrons. The summed E-state index contributed by atoms with van der Waals surface area (Å²) in [6.45, 7) is 3.98. The molecule has 0 bridgehead atoms.